The Morgan fingerprint density at radius 3 is 2.47 bits per heavy atom. The number of hydrogen-bond acceptors (Lipinski definition) is 3. The van der Waals surface area contributed by atoms with E-state index in [9.17, 15) is 9.18 Å². The van der Waals surface area contributed by atoms with Gasteiger partial charge in [-0.2, -0.15) is 0 Å². The summed E-state index contributed by atoms with van der Waals surface area (Å²) in [5.74, 6) is -0.348. The van der Waals surface area contributed by atoms with Crippen LogP contribution in [0.1, 0.15) is 28.3 Å². The largest absolute Gasteiger partial charge is 0.494 e. The molecule has 0 spiro atoms. The number of nitrogens with one attached hydrogen (secondary N) is 1. The second-order valence-electron chi connectivity index (χ2n) is 7.50. The molecule has 0 aliphatic carbocycles. The van der Waals surface area contributed by atoms with Crippen molar-refractivity contribution in [2.24, 2.45) is 0 Å². The van der Waals surface area contributed by atoms with Crippen LogP contribution in [0.25, 0.3) is 0 Å². The molecule has 0 bridgehead atoms. The Kier molecular flexibility index (Phi) is 6.85. The van der Waals surface area contributed by atoms with E-state index in [0.717, 1.165) is 27.9 Å². The van der Waals surface area contributed by atoms with Gasteiger partial charge in [0.25, 0.3) is 0 Å². The molecule has 0 saturated heterocycles. The van der Waals surface area contributed by atoms with Crippen LogP contribution in [-0.2, 0) is 11.3 Å². The van der Waals surface area contributed by atoms with Crippen LogP contribution >= 0.6 is 0 Å². The first-order chi connectivity index (χ1) is 14.4. The third-order valence-electron chi connectivity index (χ3n) is 5.10. The first kappa shape index (κ1) is 21.5. The third kappa shape index (κ3) is 5.05. The topological polar surface area (TPSA) is 41.6 Å². The fraction of sp³-hybridized carbons (Fsp3) is 0.240. The molecule has 0 aliphatic rings. The highest BCUT2D eigenvalue weighted by Gasteiger charge is 2.26. The van der Waals surface area contributed by atoms with Gasteiger partial charge in [0.05, 0.1) is 7.11 Å². The summed E-state index contributed by atoms with van der Waals surface area (Å²) in [5.41, 5.74) is 4.51. The van der Waals surface area contributed by atoms with E-state index in [1.54, 1.807) is 6.07 Å². The Hall–Kier alpha value is -3.18. The summed E-state index contributed by atoms with van der Waals surface area (Å²) in [4.78, 5) is 15.2. The summed E-state index contributed by atoms with van der Waals surface area (Å²) in [5, 5.41) is 3.07. The fourth-order valence-electron chi connectivity index (χ4n) is 3.50. The smallest absolute Gasteiger partial charge is 0.246 e. The number of ether oxygens (including phenoxy) is 1. The molecule has 0 saturated carbocycles. The minimum atomic E-state index is -0.531. The van der Waals surface area contributed by atoms with Crippen LogP contribution in [0, 0.1) is 19.7 Å². The van der Waals surface area contributed by atoms with Gasteiger partial charge in [-0.05, 0) is 61.3 Å². The maximum atomic E-state index is 14.1. The molecule has 1 unspecified atom stereocenters. The maximum Gasteiger partial charge on any atom is 0.246 e. The second-order valence-corrected chi connectivity index (χ2v) is 7.50. The average molecular weight is 407 g/mol. The van der Waals surface area contributed by atoms with E-state index >= 15 is 0 Å². The van der Waals surface area contributed by atoms with Crippen molar-refractivity contribution < 1.29 is 13.9 Å². The van der Waals surface area contributed by atoms with Crippen LogP contribution in [0.3, 0.4) is 0 Å². The second kappa shape index (κ2) is 9.55. The van der Waals surface area contributed by atoms with Crippen molar-refractivity contribution in [1.29, 1.82) is 0 Å². The van der Waals surface area contributed by atoms with Crippen molar-refractivity contribution in [3.63, 3.8) is 0 Å². The molecule has 0 fully saturated rings. The van der Waals surface area contributed by atoms with Gasteiger partial charge in [-0.3, -0.25) is 9.69 Å². The molecule has 5 heteroatoms. The molecule has 0 aliphatic heterocycles. The van der Waals surface area contributed by atoms with Crippen LogP contribution in [0.2, 0.25) is 0 Å². The van der Waals surface area contributed by atoms with Gasteiger partial charge >= 0.3 is 0 Å². The molecule has 3 rings (SSSR count). The maximum absolute atomic E-state index is 14.1. The van der Waals surface area contributed by atoms with E-state index in [4.69, 9.17) is 4.74 Å². The summed E-state index contributed by atoms with van der Waals surface area (Å²) in [6, 6.07) is 19.9. The lowest BCUT2D eigenvalue weighted by Gasteiger charge is -2.28. The van der Waals surface area contributed by atoms with Crippen LogP contribution in [0.15, 0.2) is 66.7 Å². The predicted octanol–water partition coefficient (Wildman–Crippen LogP) is 5.26. The number of methoxy groups -OCH3 is 1. The van der Waals surface area contributed by atoms with E-state index in [1.807, 2.05) is 80.4 Å². The molecule has 3 aromatic rings. The molecule has 156 valence electrons. The Bertz CT molecular complexity index is 1020. The van der Waals surface area contributed by atoms with E-state index < -0.39 is 11.9 Å². The molecule has 0 radical (unpaired) electrons. The minimum absolute atomic E-state index is 0.133. The first-order valence-corrected chi connectivity index (χ1v) is 9.84. The summed E-state index contributed by atoms with van der Waals surface area (Å²) >= 11 is 0. The number of hydrogen-bond donors (Lipinski definition) is 1. The lowest BCUT2D eigenvalue weighted by molar-refractivity contribution is -0.121. The summed E-state index contributed by atoms with van der Waals surface area (Å²) in [6.07, 6.45) is 0. The molecular formula is C25H27FN2O2. The monoisotopic (exact) mass is 406 g/mol. The highest BCUT2D eigenvalue weighted by atomic mass is 19.1. The lowest BCUT2D eigenvalue weighted by atomic mass is 10.0. The molecule has 3 aromatic carbocycles. The molecular weight excluding hydrogens is 379 g/mol. The average Bonchev–Trinajstić information content (AvgIpc) is 2.72. The summed E-state index contributed by atoms with van der Waals surface area (Å²) < 4.78 is 19.1. The van der Waals surface area contributed by atoms with Crippen LogP contribution in [-0.4, -0.2) is 25.0 Å². The van der Waals surface area contributed by atoms with Crippen molar-refractivity contribution in [1.82, 2.24) is 4.90 Å². The first-order valence-electron chi connectivity index (χ1n) is 9.84. The SMILES string of the molecule is COc1ccc(CN(C)C(C(=O)Nc2cc(C)ccc2C)c2ccccc2)cc1F. The van der Waals surface area contributed by atoms with Crippen molar-refractivity contribution in [2.75, 3.05) is 19.5 Å². The Labute approximate surface area is 177 Å². The van der Waals surface area contributed by atoms with Gasteiger partial charge in [0.15, 0.2) is 11.6 Å². The Morgan fingerprint density at radius 2 is 1.80 bits per heavy atom. The number of halogens is 1. The number of nitrogens with zero attached hydrogens (tertiary/aromatic N) is 1. The quantitative estimate of drug-likeness (QED) is 0.582. The van der Waals surface area contributed by atoms with Crippen molar-refractivity contribution in [3.8, 4) is 5.75 Å². The number of aryl methyl sites for hydroxylation is 2. The van der Waals surface area contributed by atoms with E-state index in [0.29, 0.717) is 6.54 Å². The number of rotatable bonds is 7. The van der Waals surface area contributed by atoms with Gasteiger partial charge in [0, 0.05) is 12.2 Å². The Morgan fingerprint density at radius 1 is 1.07 bits per heavy atom. The number of anilines is 1. The van der Waals surface area contributed by atoms with E-state index in [2.05, 4.69) is 5.32 Å². The van der Waals surface area contributed by atoms with Gasteiger partial charge in [-0.15, -0.1) is 0 Å². The van der Waals surface area contributed by atoms with E-state index in [1.165, 1.54) is 13.2 Å². The lowest BCUT2D eigenvalue weighted by Crippen LogP contribution is -2.34. The summed E-state index contributed by atoms with van der Waals surface area (Å²) in [7, 11) is 3.30. The molecule has 0 aromatic heterocycles. The van der Waals surface area contributed by atoms with Crippen LogP contribution in [0.5, 0.6) is 5.75 Å². The third-order valence-corrected chi connectivity index (χ3v) is 5.10. The molecule has 1 atom stereocenters. The number of amides is 1. The predicted molar refractivity (Wildman–Crippen MR) is 118 cm³/mol. The minimum Gasteiger partial charge on any atom is -0.494 e. The molecule has 1 amide bonds. The van der Waals surface area contributed by atoms with Gasteiger partial charge in [-0.25, -0.2) is 4.39 Å². The van der Waals surface area contributed by atoms with Crippen molar-refractivity contribution in [3.05, 3.63) is 94.8 Å². The van der Waals surface area contributed by atoms with Crippen molar-refractivity contribution in [2.45, 2.75) is 26.4 Å². The van der Waals surface area contributed by atoms with Gasteiger partial charge in [0.1, 0.15) is 6.04 Å². The number of benzene rings is 3. The van der Waals surface area contributed by atoms with Crippen LogP contribution < -0.4 is 10.1 Å². The highest BCUT2D eigenvalue weighted by Crippen LogP contribution is 2.26. The highest BCUT2D eigenvalue weighted by molar-refractivity contribution is 5.96. The zero-order valence-electron chi connectivity index (χ0n) is 17.8. The number of carbonyl (C=O) groups excluding carboxylic acids is 1. The Balaban J connectivity index is 1.87. The van der Waals surface area contributed by atoms with E-state index in [-0.39, 0.29) is 11.7 Å². The number of carbonyl (C=O) groups is 1. The standard InChI is InChI=1S/C25H27FN2O2/c1-17-10-11-18(2)22(14-17)27-25(29)24(20-8-6-5-7-9-20)28(3)16-19-12-13-23(30-4)21(26)15-19/h5-15,24H,16H2,1-4H3,(H,27,29). The van der Waals surface area contributed by atoms with Crippen LogP contribution in [0.4, 0.5) is 10.1 Å². The van der Waals surface area contributed by atoms with Crippen molar-refractivity contribution >= 4 is 11.6 Å². The van der Waals surface area contributed by atoms with Gasteiger partial charge < -0.3 is 10.1 Å². The molecule has 0 heterocycles. The van der Waals surface area contributed by atoms with Gasteiger partial charge in [-0.1, -0.05) is 48.5 Å². The molecule has 4 nitrogen and oxygen atoms in total. The molecule has 1 N–H and O–H groups in total. The zero-order valence-corrected chi connectivity index (χ0v) is 17.8. The molecule has 30 heavy (non-hydrogen) atoms. The normalized spacial score (nSPS) is 11.9. The number of likely N-dealkylation sites (N-methyl/N-ethyl adjacent to an activating group) is 1. The fourth-order valence-corrected chi connectivity index (χ4v) is 3.50. The summed E-state index contributed by atoms with van der Waals surface area (Å²) in [6.45, 7) is 4.37. The van der Waals surface area contributed by atoms with Gasteiger partial charge in [0.2, 0.25) is 5.91 Å². The zero-order chi connectivity index (χ0) is 21.7.